The maximum atomic E-state index is 13.0. The van der Waals surface area contributed by atoms with E-state index in [-0.39, 0.29) is 33.5 Å². The number of ether oxygens (including phenoxy) is 3. The molecular formula is C23H15FO6. The molecule has 0 N–H and O–H groups in total. The maximum absolute atomic E-state index is 13.0. The van der Waals surface area contributed by atoms with E-state index in [9.17, 15) is 14.0 Å². The van der Waals surface area contributed by atoms with Gasteiger partial charge >= 0.3 is 5.97 Å². The van der Waals surface area contributed by atoms with Gasteiger partial charge in [0.25, 0.3) is 0 Å². The van der Waals surface area contributed by atoms with Gasteiger partial charge in [0.1, 0.15) is 34.9 Å². The normalized spacial score (nSPS) is 10.6. The summed E-state index contributed by atoms with van der Waals surface area (Å²) in [6.07, 6.45) is 1.19. The van der Waals surface area contributed by atoms with Crippen molar-refractivity contribution in [2.75, 3.05) is 7.11 Å². The van der Waals surface area contributed by atoms with Crippen molar-refractivity contribution in [3.63, 3.8) is 0 Å². The number of benzene rings is 3. The molecule has 0 radical (unpaired) electrons. The number of halogens is 1. The molecule has 0 saturated heterocycles. The Kier molecular flexibility index (Phi) is 5.17. The van der Waals surface area contributed by atoms with Gasteiger partial charge in [-0.3, -0.25) is 4.79 Å². The number of rotatable bonds is 5. The first kappa shape index (κ1) is 19.2. The Morgan fingerprint density at radius 3 is 2.47 bits per heavy atom. The van der Waals surface area contributed by atoms with Gasteiger partial charge in [-0.1, -0.05) is 6.07 Å². The van der Waals surface area contributed by atoms with Crippen LogP contribution < -0.4 is 19.6 Å². The molecule has 6 nitrogen and oxygen atoms in total. The summed E-state index contributed by atoms with van der Waals surface area (Å²) in [5.41, 5.74) is 0.0397. The fourth-order valence-corrected chi connectivity index (χ4v) is 2.77. The second-order valence-corrected chi connectivity index (χ2v) is 6.26. The maximum Gasteiger partial charge on any atom is 0.343 e. The summed E-state index contributed by atoms with van der Waals surface area (Å²) in [5, 5.41) is 0.261. The molecule has 1 heterocycles. The highest BCUT2D eigenvalue weighted by atomic mass is 19.1. The van der Waals surface area contributed by atoms with E-state index in [0.29, 0.717) is 11.5 Å². The fraction of sp³-hybridized carbons (Fsp3) is 0.0435. The summed E-state index contributed by atoms with van der Waals surface area (Å²) in [6, 6.07) is 16.2. The van der Waals surface area contributed by atoms with Gasteiger partial charge in [-0.2, -0.15) is 0 Å². The first-order valence-electron chi connectivity index (χ1n) is 8.89. The molecule has 3 aromatic carbocycles. The van der Waals surface area contributed by atoms with Crippen LogP contribution in [0.4, 0.5) is 4.39 Å². The first-order chi connectivity index (χ1) is 14.5. The zero-order valence-electron chi connectivity index (χ0n) is 15.8. The third kappa shape index (κ3) is 4.00. The van der Waals surface area contributed by atoms with Crippen LogP contribution >= 0.6 is 0 Å². The van der Waals surface area contributed by atoms with E-state index < -0.39 is 11.8 Å². The fourth-order valence-electron chi connectivity index (χ4n) is 2.77. The molecule has 0 aliphatic heterocycles. The van der Waals surface area contributed by atoms with E-state index in [1.54, 1.807) is 24.3 Å². The van der Waals surface area contributed by atoms with Gasteiger partial charge in [0.05, 0.1) is 18.1 Å². The lowest BCUT2D eigenvalue weighted by Crippen LogP contribution is -2.09. The van der Waals surface area contributed by atoms with E-state index in [2.05, 4.69) is 0 Å². The van der Waals surface area contributed by atoms with E-state index in [1.165, 1.54) is 55.8 Å². The van der Waals surface area contributed by atoms with E-state index in [4.69, 9.17) is 18.6 Å². The molecule has 0 aliphatic carbocycles. The third-order valence-corrected chi connectivity index (χ3v) is 4.27. The number of hydrogen-bond donors (Lipinski definition) is 0. The Balaban J connectivity index is 1.58. The highest BCUT2D eigenvalue weighted by Crippen LogP contribution is 2.26. The largest absolute Gasteiger partial charge is 0.497 e. The first-order valence-corrected chi connectivity index (χ1v) is 8.89. The molecule has 0 bridgehead atoms. The van der Waals surface area contributed by atoms with Crippen LogP contribution in [0.25, 0.3) is 11.0 Å². The van der Waals surface area contributed by atoms with Crippen molar-refractivity contribution in [1.82, 2.24) is 0 Å². The topological polar surface area (TPSA) is 75.0 Å². The number of carbonyl (C=O) groups excluding carboxylic acids is 1. The van der Waals surface area contributed by atoms with Gasteiger partial charge in [-0.15, -0.1) is 0 Å². The van der Waals surface area contributed by atoms with Gasteiger partial charge in [-0.25, -0.2) is 9.18 Å². The Bertz CT molecular complexity index is 1280. The Morgan fingerprint density at radius 1 is 0.933 bits per heavy atom. The second-order valence-electron chi connectivity index (χ2n) is 6.26. The highest BCUT2D eigenvalue weighted by Gasteiger charge is 2.13. The summed E-state index contributed by atoms with van der Waals surface area (Å²) < 4.78 is 34.5. The lowest BCUT2D eigenvalue weighted by Gasteiger charge is -2.08. The van der Waals surface area contributed by atoms with E-state index >= 15 is 0 Å². The SMILES string of the molecule is COc1cccc(Oc2coc3cc(OC(=O)c4ccc(F)cc4)ccc3c2=O)c1. The molecule has 1 aromatic heterocycles. The minimum absolute atomic E-state index is 0.00631. The average Bonchev–Trinajstić information content (AvgIpc) is 2.76. The predicted octanol–water partition coefficient (Wildman–Crippen LogP) is 4.95. The zero-order valence-corrected chi connectivity index (χ0v) is 15.8. The number of carbonyl (C=O) groups is 1. The van der Waals surface area contributed by atoms with Crippen molar-refractivity contribution >= 4 is 16.9 Å². The van der Waals surface area contributed by atoms with Crippen molar-refractivity contribution in [2.24, 2.45) is 0 Å². The minimum atomic E-state index is -0.658. The third-order valence-electron chi connectivity index (χ3n) is 4.27. The van der Waals surface area contributed by atoms with Crippen LogP contribution in [0.15, 0.2) is 82.2 Å². The second kappa shape index (κ2) is 8.08. The van der Waals surface area contributed by atoms with Gasteiger partial charge < -0.3 is 18.6 Å². The molecule has 0 aliphatic rings. The summed E-state index contributed by atoms with van der Waals surface area (Å²) in [6.45, 7) is 0. The Hall–Kier alpha value is -4.13. The summed E-state index contributed by atoms with van der Waals surface area (Å²) >= 11 is 0. The molecule has 150 valence electrons. The smallest absolute Gasteiger partial charge is 0.343 e. The summed E-state index contributed by atoms with van der Waals surface area (Å²) in [4.78, 5) is 24.9. The number of fused-ring (bicyclic) bond motifs is 1. The van der Waals surface area contributed by atoms with Crippen molar-refractivity contribution in [3.05, 3.63) is 94.6 Å². The minimum Gasteiger partial charge on any atom is -0.497 e. The monoisotopic (exact) mass is 406 g/mol. The molecule has 0 fully saturated rings. The molecule has 0 saturated carbocycles. The van der Waals surface area contributed by atoms with Crippen molar-refractivity contribution < 1.29 is 27.8 Å². The molecule has 0 amide bonds. The molecule has 0 spiro atoms. The molecule has 4 aromatic rings. The summed E-state index contributed by atoms with van der Waals surface area (Å²) in [5.74, 6) is 0.0880. The van der Waals surface area contributed by atoms with Crippen molar-refractivity contribution in [3.8, 4) is 23.0 Å². The molecule has 4 rings (SSSR count). The Morgan fingerprint density at radius 2 is 1.70 bits per heavy atom. The zero-order chi connectivity index (χ0) is 21.1. The summed E-state index contributed by atoms with van der Waals surface area (Å²) in [7, 11) is 1.53. The van der Waals surface area contributed by atoms with Crippen molar-refractivity contribution in [1.29, 1.82) is 0 Å². The van der Waals surface area contributed by atoms with Crippen LogP contribution in [0, 0.1) is 5.82 Å². The van der Waals surface area contributed by atoms with E-state index in [0.717, 1.165) is 0 Å². The van der Waals surface area contributed by atoms with Crippen LogP contribution in [-0.4, -0.2) is 13.1 Å². The molecule has 7 heteroatoms. The lowest BCUT2D eigenvalue weighted by atomic mass is 10.2. The van der Waals surface area contributed by atoms with Crippen LogP contribution in [-0.2, 0) is 0 Å². The van der Waals surface area contributed by atoms with E-state index in [1.807, 2.05) is 0 Å². The van der Waals surface area contributed by atoms with Gasteiger partial charge in [0.15, 0.2) is 0 Å². The van der Waals surface area contributed by atoms with Crippen molar-refractivity contribution in [2.45, 2.75) is 0 Å². The number of methoxy groups -OCH3 is 1. The molecule has 0 unspecified atom stereocenters. The Labute approximate surface area is 170 Å². The number of esters is 1. The predicted molar refractivity (Wildman–Crippen MR) is 107 cm³/mol. The highest BCUT2D eigenvalue weighted by molar-refractivity contribution is 5.91. The van der Waals surface area contributed by atoms with Gasteiger partial charge in [0, 0.05) is 12.1 Å². The lowest BCUT2D eigenvalue weighted by molar-refractivity contribution is 0.0735. The van der Waals surface area contributed by atoms with Gasteiger partial charge in [-0.05, 0) is 48.5 Å². The molecule has 0 atom stereocenters. The quantitative estimate of drug-likeness (QED) is 0.345. The van der Waals surface area contributed by atoms with Crippen LogP contribution in [0.2, 0.25) is 0 Å². The van der Waals surface area contributed by atoms with Crippen LogP contribution in [0.5, 0.6) is 23.0 Å². The standard InChI is InChI=1S/C23H15FO6/c1-27-16-3-2-4-17(11-16)29-21-13-28-20-12-18(9-10-19(20)22(21)25)30-23(26)14-5-7-15(24)8-6-14/h2-13H,1H3. The average molecular weight is 406 g/mol. The van der Waals surface area contributed by atoms with Crippen LogP contribution in [0.3, 0.4) is 0 Å². The van der Waals surface area contributed by atoms with Gasteiger partial charge in [0.2, 0.25) is 11.2 Å². The van der Waals surface area contributed by atoms with Crippen LogP contribution in [0.1, 0.15) is 10.4 Å². The number of hydrogen-bond acceptors (Lipinski definition) is 6. The molecule has 30 heavy (non-hydrogen) atoms. The molecular weight excluding hydrogens is 391 g/mol.